The van der Waals surface area contributed by atoms with Gasteiger partial charge in [0.1, 0.15) is 0 Å². The molecule has 64 valence electrons. The molecule has 0 radical (unpaired) electrons. The summed E-state index contributed by atoms with van der Waals surface area (Å²) < 4.78 is 0. The van der Waals surface area contributed by atoms with Crippen molar-refractivity contribution in [2.24, 2.45) is 0 Å². The van der Waals surface area contributed by atoms with Crippen molar-refractivity contribution in [1.82, 2.24) is 4.90 Å². The van der Waals surface area contributed by atoms with Gasteiger partial charge in [0.15, 0.2) is 0 Å². The van der Waals surface area contributed by atoms with Crippen LogP contribution in [0.4, 0.5) is 0 Å². The minimum absolute atomic E-state index is 0.837. The zero-order valence-electron chi connectivity index (χ0n) is 6.95. The van der Waals surface area contributed by atoms with Crippen LogP contribution in [0.25, 0.3) is 0 Å². The Balaban J connectivity index is 1.50. The van der Waals surface area contributed by atoms with E-state index < -0.39 is 0 Å². The first kappa shape index (κ1) is 8.27. The van der Waals surface area contributed by atoms with E-state index in [9.17, 15) is 0 Å². The molecule has 0 aromatic heterocycles. The molecule has 2 aliphatic rings. The zero-order chi connectivity index (χ0) is 7.68. The summed E-state index contributed by atoms with van der Waals surface area (Å²) in [4.78, 5) is 2.53. The highest BCUT2D eigenvalue weighted by atomic mass is 32.2. The van der Waals surface area contributed by atoms with Crippen molar-refractivity contribution in [1.29, 1.82) is 0 Å². The smallest absolute Gasteiger partial charge is 0.0229 e. The summed E-state index contributed by atoms with van der Waals surface area (Å²) in [6.45, 7) is 5.04. The Labute approximate surface area is 77.3 Å². The first-order valence-corrected chi connectivity index (χ1v) is 6.50. The van der Waals surface area contributed by atoms with Crippen LogP contribution in [0.3, 0.4) is 0 Å². The molecular formula is C8H15NS2. The van der Waals surface area contributed by atoms with Gasteiger partial charge < -0.3 is 0 Å². The Morgan fingerprint density at radius 1 is 1.64 bits per heavy atom. The van der Waals surface area contributed by atoms with Crippen LogP contribution in [0.1, 0.15) is 6.92 Å². The highest BCUT2D eigenvalue weighted by molar-refractivity contribution is 8.08. The van der Waals surface area contributed by atoms with Gasteiger partial charge in [-0.25, -0.2) is 0 Å². The Morgan fingerprint density at radius 2 is 2.36 bits per heavy atom. The van der Waals surface area contributed by atoms with E-state index >= 15 is 0 Å². The summed E-state index contributed by atoms with van der Waals surface area (Å²) >= 11 is 4.25. The Hall–Kier alpha value is 0.660. The number of nitrogens with zero attached hydrogens (tertiary/aromatic N) is 1. The second kappa shape index (κ2) is 3.58. The van der Waals surface area contributed by atoms with Crippen LogP contribution in [-0.2, 0) is 0 Å². The van der Waals surface area contributed by atoms with Crippen LogP contribution in [0, 0.1) is 0 Å². The molecule has 1 nitrogen and oxygen atoms in total. The Bertz CT molecular complexity index is 132. The van der Waals surface area contributed by atoms with Crippen molar-refractivity contribution >= 4 is 23.5 Å². The van der Waals surface area contributed by atoms with E-state index in [-0.39, 0.29) is 0 Å². The van der Waals surface area contributed by atoms with Crippen LogP contribution in [0.15, 0.2) is 0 Å². The maximum atomic E-state index is 2.53. The van der Waals surface area contributed by atoms with Gasteiger partial charge >= 0.3 is 0 Å². The van der Waals surface area contributed by atoms with Gasteiger partial charge in [0.25, 0.3) is 0 Å². The molecular weight excluding hydrogens is 174 g/mol. The van der Waals surface area contributed by atoms with E-state index in [1.165, 1.54) is 30.3 Å². The van der Waals surface area contributed by atoms with Crippen molar-refractivity contribution < 1.29 is 0 Å². The number of rotatable bonds is 5. The third kappa shape index (κ3) is 2.88. The summed E-state index contributed by atoms with van der Waals surface area (Å²) in [5.41, 5.74) is 0. The van der Waals surface area contributed by atoms with E-state index in [0.29, 0.717) is 0 Å². The van der Waals surface area contributed by atoms with Gasteiger partial charge in [-0.2, -0.15) is 23.5 Å². The highest BCUT2D eigenvalue weighted by Gasteiger charge is 2.25. The summed E-state index contributed by atoms with van der Waals surface area (Å²) in [6.07, 6.45) is 0. The van der Waals surface area contributed by atoms with Crippen molar-refractivity contribution in [2.45, 2.75) is 18.2 Å². The lowest BCUT2D eigenvalue weighted by atomic mass is 10.4. The third-order valence-corrected chi connectivity index (χ3v) is 4.71. The fourth-order valence-electron chi connectivity index (χ4n) is 1.14. The van der Waals surface area contributed by atoms with Gasteiger partial charge in [-0.15, -0.1) is 0 Å². The maximum Gasteiger partial charge on any atom is 0.0229 e. The fourth-order valence-corrected chi connectivity index (χ4v) is 3.28. The minimum Gasteiger partial charge on any atom is -0.297 e. The molecule has 0 bridgehead atoms. The molecule has 3 heteroatoms. The molecule has 0 aromatic carbocycles. The van der Waals surface area contributed by atoms with Gasteiger partial charge in [0.05, 0.1) is 0 Å². The van der Waals surface area contributed by atoms with Crippen LogP contribution < -0.4 is 0 Å². The molecule has 0 amide bonds. The quantitative estimate of drug-likeness (QED) is 0.604. The summed E-state index contributed by atoms with van der Waals surface area (Å²) in [5.74, 6) is 4.16. The van der Waals surface area contributed by atoms with Gasteiger partial charge in [0.2, 0.25) is 0 Å². The van der Waals surface area contributed by atoms with Gasteiger partial charge in [-0.3, -0.25) is 4.90 Å². The van der Waals surface area contributed by atoms with Crippen molar-refractivity contribution in [2.75, 3.05) is 30.3 Å². The highest BCUT2D eigenvalue weighted by Crippen LogP contribution is 2.33. The SMILES string of the molecule is CC(CSCC1CS1)N1CC1. The van der Waals surface area contributed by atoms with E-state index in [1.807, 2.05) is 0 Å². The second-order valence-corrected chi connectivity index (χ2v) is 5.79. The predicted molar refractivity (Wildman–Crippen MR) is 54.6 cm³/mol. The largest absolute Gasteiger partial charge is 0.297 e. The molecule has 2 heterocycles. The molecule has 0 aromatic rings. The normalized spacial score (nSPS) is 31.9. The molecule has 2 fully saturated rings. The number of hydrogen-bond acceptors (Lipinski definition) is 3. The molecule has 2 saturated heterocycles. The molecule has 2 unspecified atom stereocenters. The van der Waals surface area contributed by atoms with E-state index in [1.54, 1.807) is 0 Å². The molecule has 2 atom stereocenters. The summed E-state index contributed by atoms with van der Waals surface area (Å²) in [5, 5.41) is 1.02. The molecule has 11 heavy (non-hydrogen) atoms. The zero-order valence-corrected chi connectivity index (χ0v) is 8.59. The topological polar surface area (TPSA) is 3.01 Å². The third-order valence-electron chi connectivity index (χ3n) is 2.17. The Kier molecular flexibility index (Phi) is 2.69. The fraction of sp³-hybridized carbons (Fsp3) is 1.00. The lowest BCUT2D eigenvalue weighted by molar-refractivity contribution is 0.466. The second-order valence-electron chi connectivity index (χ2n) is 3.38. The molecule has 0 saturated carbocycles. The molecule has 2 rings (SSSR count). The minimum atomic E-state index is 0.837. The lowest BCUT2D eigenvalue weighted by Crippen LogP contribution is -2.17. The molecule has 0 aliphatic carbocycles. The predicted octanol–water partition coefficient (Wildman–Crippen LogP) is 1.54. The van der Waals surface area contributed by atoms with Crippen LogP contribution in [-0.4, -0.2) is 46.5 Å². The average Bonchev–Trinajstić information content (AvgIpc) is 2.85. The summed E-state index contributed by atoms with van der Waals surface area (Å²) in [6, 6.07) is 0.837. The Morgan fingerprint density at radius 3 is 2.91 bits per heavy atom. The molecule has 0 N–H and O–H groups in total. The number of hydrogen-bond donors (Lipinski definition) is 0. The van der Waals surface area contributed by atoms with Crippen molar-refractivity contribution in [3.63, 3.8) is 0 Å². The monoisotopic (exact) mass is 189 g/mol. The van der Waals surface area contributed by atoms with E-state index in [0.717, 1.165) is 11.3 Å². The van der Waals surface area contributed by atoms with E-state index in [4.69, 9.17) is 0 Å². The van der Waals surface area contributed by atoms with Crippen LogP contribution in [0.5, 0.6) is 0 Å². The lowest BCUT2D eigenvalue weighted by Gasteiger charge is -2.10. The maximum absolute atomic E-state index is 2.53. The first-order valence-electron chi connectivity index (χ1n) is 4.29. The van der Waals surface area contributed by atoms with Crippen molar-refractivity contribution in [3.8, 4) is 0 Å². The van der Waals surface area contributed by atoms with Crippen LogP contribution in [0.2, 0.25) is 0 Å². The van der Waals surface area contributed by atoms with Crippen LogP contribution >= 0.6 is 23.5 Å². The van der Waals surface area contributed by atoms with Crippen molar-refractivity contribution in [3.05, 3.63) is 0 Å². The summed E-state index contributed by atoms with van der Waals surface area (Å²) in [7, 11) is 0. The van der Waals surface area contributed by atoms with Gasteiger partial charge in [0, 0.05) is 41.6 Å². The number of thioether (sulfide) groups is 2. The molecule has 2 aliphatic heterocycles. The standard InChI is InChI=1S/C8H15NS2/c1-7(9-2-3-9)4-10-5-8-6-11-8/h7-8H,2-6H2,1H3. The first-order chi connectivity index (χ1) is 5.36. The van der Waals surface area contributed by atoms with Gasteiger partial charge in [-0.05, 0) is 6.92 Å². The van der Waals surface area contributed by atoms with Gasteiger partial charge in [-0.1, -0.05) is 0 Å². The van der Waals surface area contributed by atoms with E-state index in [2.05, 4.69) is 35.3 Å². The molecule has 0 spiro atoms. The average molecular weight is 189 g/mol.